The smallest absolute Gasteiger partial charge is 0.156 e. The van der Waals surface area contributed by atoms with E-state index in [-0.39, 0.29) is 13.2 Å². The van der Waals surface area contributed by atoms with Gasteiger partial charge in [0.1, 0.15) is 0 Å². The highest BCUT2D eigenvalue weighted by Crippen LogP contribution is 2.21. The van der Waals surface area contributed by atoms with Gasteiger partial charge in [-0.25, -0.2) is 0 Å². The summed E-state index contributed by atoms with van der Waals surface area (Å²) in [5, 5.41) is 18.7. The molecule has 1 N–H and O–H groups in total. The molecule has 17 heavy (non-hydrogen) atoms. The Morgan fingerprint density at radius 2 is 2.18 bits per heavy atom. The summed E-state index contributed by atoms with van der Waals surface area (Å²) < 4.78 is 5.31. The lowest BCUT2D eigenvalue weighted by Crippen LogP contribution is -2.57. The highest BCUT2D eigenvalue weighted by Gasteiger charge is 2.39. The molecule has 1 aliphatic heterocycles. The first-order valence-corrected chi connectivity index (χ1v) is 5.69. The molecule has 1 aromatic rings. The maximum Gasteiger partial charge on any atom is 0.156 e. The Hall–Kier alpha value is -1.41. The maximum absolute atomic E-state index is 9.45. The Balaban J connectivity index is 2.15. The number of aliphatic hydroxyl groups is 1. The molecule has 1 aromatic carbocycles. The van der Waals surface area contributed by atoms with Crippen LogP contribution in [0.2, 0.25) is 0 Å². The van der Waals surface area contributed by atoms with E-state index in [0.29, 0.717) is 19.7 Å². The molecule has 90 valence electrons. The van der Waals surface area contributed by atoms with Gasteiger partial charge in [0, 0.05) is 13.1 Å². The number of benzene rings is 1. The van der Waals surface area contributed by atoms with E-state index < -0.39 is 5.54 Å². The minimum absolute atomic E-state index is 0.198. The topological polar surface area (TPSA) is 56.5 Å². The van der Waals surface area contributed by atoms with Crippen molar-refractivity contribution in [3.63, 3.8) is 0 Å². The van der Waals surface area contributed by atoms with Crippen LogP contribution in [0.4, 0.5) is 0 Å². The van der Waals surface area contributed by atoms with Crippen LogP contribution in [0, 0.1) is 11.3 Å². The Morgan fingerprint density at radius 3 is 2.82 bits per heavy atom. The van der Waals surface area contributed by atoms with Crippen LogP contribution in [0.25, 0.3) is 0 Å². The van der Waals surface area contributed by atoms with Crippen molar-refractivity contribution in [3.05, 3.63) is 35.9 Å². The van der Waals surface area contributed by atoms with Crippen molar-refractivity contribution in [3.8, 4) is 6.07 Å². The lowest BCUT2D eigenvalue weighted by molar-refractivity contribution is -0.0671. The zero-order valence-electron chi connectivity index (χ0n) is 9.67. The van der Waals surface area contributed by atoms with Gasteiger partial charge in [0.15, 0.2) is 5.54 Å². The molecule has 0 aromatic heterocycles. The summed E-state index contributed by atoms with van der Waals surface area (Å²) in [5.41, 5.74) is 0.246. The summed E-state index contributed by atoms with van der Waals surface area (Å²) in [4.78, 5) is 1.99. The number of nitrogens with zero attached hydrogens (tertiary/aromatic N) is 2. The van der Waals surface area contributed by atoms with Gasteiger partial charge in [0.25, 0.3) is 0 Å². The van der Waals surface area contributed by atoms with Crippen molar-refractivity contribution < 1.29 is 9.84 Å². The van der Waals surface area contributed by atoms with Gasteiger partial charge in [0.2, 0.25) is 0 Å². The third-order valence-electron chi connectivity index (χ3n) is 3.14. The zero-order valence-corrected chi connectivity index (χ0v) is 9.67. The van der Waals surface area contributed by atoms with Crippen LogP contribution in [0.1, 0.15) is 5.56 Å². The van der Waals surface area contributed by atoms with E-state index in [4.69, 9.17) is 4.74 Å². The number of hydrogen-bond acceptors (Lipinski definition) is 4. The van der Waals surface area contributed by atoms with E-state index in [1.54, 1.807) is 0 Å². The minimum atomic E-state index is -0.895. The van der Waals surface area contributed by atoms with E-state index in [1.165, 1.54) is 0 Å². The molecule has 1 saturated heterocycles. The molecule has 0 radical (unpaired) electrons. The van der Waals surface area contributed by atoms with Crippen molar-refractivity contribution in [1.82, 2.24) is 4.90 Å². The normalized spacial score (nSPS) is 25.4. The summed E-state index contributed by atoms with van der Waals surface area (Å²) in [6.45, 7) is 2.01. The lowest BCUT2D eigenvalue weighted by atomic mass is 9.99. The Kier molecular flexibility index (Phi) is 3.75. The van der Waals surface area contributed by atoms with Crippen LogP contribution in [-0.4, -0.2) is 41.9 Å². The zero-order chi connectivity index (χ0) is 12.1. The standard InChI is InChI=1S/C13H16N2O2/c14-9-13(10-16)11-17-7-6-15(13)8-12-4-2-1-3-5-12/h1-5,16H,6-8,10-11H2/t13-/m1/s1. The maximum atomic E-state index is 9.45. The van der Waals surface area contributed by atoms with Crippen LogP contribution in [-0.2, 0) is 11.3 Å². The molecule has 0 bridgehead atoms. The number of aliphatic hydroxyl groups excluding tert-OH is 1. The molecule has 1 heterocycles. The van der Waals surface area contributed by atoms with Crippen molar-refractivity contribution in [2.75, 3.05) is 26.4 Å². The fourth-order valence-corrected chi connectivity index (χ4v) is 2.04. The predicted octanol–water partition coefficient (Wildman–Crippen LogP) is 0.773. The predicted molar refractivity (Wildman–Crippen MR) is 63.1 cm³/mol. The Morgan fingerprint density at radius 1 is 1.41 bits per heavy atom. The Bertz CT molecular complexity index is 402. The third kappa shape index (κ3) is 2.47. The third-order valence-corrected chi connectivity index (χ3v) is 3.14. The van der Waals surface area contributed by atoms with E-state index in [1.807, 2.05) is 35.2 Å². The second kappa shape index (κ2) is 5.28. The molecular weight excluding hydrogens is 216 g/mol. The summed E-state index contributed by atoms with van der Waals surface area (Å²) in [6.07, 6.45) is 0. The molecule has 1 atom stereocenters. The van der Waals surface area contributed by atoms with Gasteiger partial charge in [-0.15, -0.1) is 0 Å². The van der Waals surface area contributed by atoms with Crippen molar-refractivity contribution >= 4 is 0 Å². The van der Waals surface area contributed by atoms with Crippen LogP contribution in [0.5, 0.6) is 0 Å². The molecule has 4 heteroatoms. The fourth-order valence-electron chi connectivity index (χ4n) is 2.04. The van der Waals surface area contributed by atoms with E-state index in [0.717, 1.165) is 5.56 Å². The average molecular weight is 232 g/mol. The van der Waals surface area contributed by atoms with Crippen LogP contribution >= 0.6 is 0 Å². The van der Waals surface area contributed by atoms with Crippen molar-refractivity contribution in [2.45, 2.75) is 12.1 Å². The molecule has 0 amide bonds. The first-order chi connectivity index (χ1) is 8.30. The number of rotatable bonds is 3. The van der Waals surface area contributed by atoms with E-state index in [2.05, 4.69) is 6.07 Å². The van der Waals surface area contributed by atoms with Gasteiger partial charge in [-0.05, 0) is 5.56 Å². The summed E-state index contributed by atoms with van der Waals surface area (Å²) in [5.74, 6) is 0. The van der Waals surface area contributed by atoms with Gasteiger partial charge >= 0.3 is 0 Å². The number of nitriles is 1. The average Bonchev–Trinajstić information content (AvgIpc) is 2.41. The molecule has 0 unspecified atom stereocenters. The number of morpholine rings is 1. The van der Waals surface area contributed by atoms with Gasteiger partial charge in [-0.2, -0.15) is 5.26 Å². The van der Waals surface area contributed by atoms with Gasteiger partial charge in [-0.3, -0.25) is 4.90 Å². The molecular formula is C13H16N2O2. The molecule has 1 fully saturated rings. The second-order valence-electron chi connectivity index (χ2n) is 4.26. The van der Waals surface area contributed by atoms with E-state index in [9.17, 15) is 10.4 Å². The summed E-state index contributed by atoms with van der Waals surface area (Å²) in [7, 11) is 0. The highest BCUT2D eigenvalue weighted by molar-refractivity contribution is 5.17. The summed E-state index contributed by atoms with van der Waals surface area (Å²) >= 11 is 0. The second-order valence-corrected chi connectivity index (χ2v) is 4.26. The van der Waals surface area contributed by atoms with Crippen LogP contribution < -0.4 is 0 Å². The Labute approximate surface area is 101 Å². The first kappa shape index (κ1) is 12.1. The quantitative estimate of drug-likeness (QED) is 0.836. The fraction of sp³-hybridized carbons (Fsp3) is 0.462. The van der Waals surface area contributed by atoms with Gasteiger partial charge < -0.3 is 9.84 Å². The van der Waals surface area contributed by atoms with Gasteiger partial charge in [-0.1, -0.05) is 30.3 Å². The lowest BCUT2D eigenvalue weighted by Gasteiger charge is -2.40. The summed E-state index contributed by atoms with van der Waals surface area (Å²) in [6, 6.07) is 12.1. The van der Waals surface area contributed by atoms with E-state index >= 15 is 0 Å². The largest absolute Gasteiger partial charge is 0.393 e. The SMILES string of the molecule is N#C[C@@]1(CO)COCCN1Cc1ccccc1. The van der Waals surface area contributed by atoms with Gasteiger partial charge in [0.05, 0.1) is 25.9 Å². The molecule has 0 spiro atoms. The molecule has 0 saturated carbocycles. The molecule has 4 nitrogen and oxygen atoms in total. The molecule has 0 aliphatic carbocycles. The monoisotopic (exact) mass is 232 g/mol. The highest BCUT2D eigenvalue weighted by atomic mass is 16.5. The van der Waals surface area contributed by atoms with Crippen LogP contribution in [0.3, 0.4) is 0 Å². The van der Waals surface area contributed by atoms with Crippen molar-refractivity contribution in [1.29, 1.82) is 5.26 Å². The van der Waals surface area contributed by atoms with Crippen LogP contribution in [0.15, 0.2) is 30.3 Å². The number of hydrogen-bond donors (Lipinski definition) is 1. The van der Waals surface area contributed by atoms with Crippen molar-refractivity contribution in [2.24, 2.45) is 0 Å². The first-order valence-electron chi connectivity index (χ1n) is 5.69. The minimum Gasteiger partial charge on any atom is -0.393 e. The number of ether oxygens (including phenoxy) is 1. The molecule has 2 rings (SSSR count). The molecule has 1 aliphatic rings.